The summed E-state index contributed by atoms with van der Waals surface area (Å²) in [7, 11) is 0. The summed E-state index contributed by atoms with van der Waals surface area (Å²) in [6.07, 6.45) is 0. The van der Waals surface area contributed by atoms with Crippen LogP contribution in [0, 0.1) is 0 Å². The summed E-state index contributed by atoms with van der Waals surface area (Å²) in [6, 6.07) is 61.6. The lowest BCUT2D eigenvalue weighted by atomic mass is 9.85. The number of furan rings is 1. The molecule has 0 atom stereocenters. The minimum absolute atomic E-state index is 0.914. The van der Waals surface area contributed by atoms with Gasteiger partial charge in [0.25, 0.3) is 0 Å². The summed E-state index contributed by atoms with van der Waals surface area (Å²) < 4.78 is 6.37. The number of rotatable bonds is 3. The average molecular weight is 597 g/mol. The van der Waals surface area contributed by atoms with Gasteiger partial charge in [-0.2, -0.15) is 0 Å². The first kappa shape index (κ1) is 26.1. The molecule has 1 nitrogen and oxygen atoms in total. The molecule has 218 valence electrons. The summed E-state index contributed by atoms with van der Waals surface area (Å²) >= 11 is 0. The van der Waals surface area contributed by atoms with Gasteiger partial charge in [0.15, 0.2) is 0 Å². The van der Waals surface area contributed by atoms with Crippen LogP contribution in [0.25, 0.3) is 98.4 Å². The monoisotopic (exact) mass is 596 g/mol. The molecular weight excluding hydrogens is 569 g/mol. The highest BCUT2D eigenvalue weighted by molar-refractivity contribution is 6.23. The van der Waals surface area contributed by atoms with Crippen LogP contribution in [0.15, 0.2) is 174 Å². The lowest BCUT2D eigenvalue weighted by Crippen LogP contribution is -1.91. The molecule has 0 saturated heterocycles. The van der Waals surface area contributed by atoms with Gasteiger partial charge >= 0.3 is 0 Å². The second-order valence-corrected chi connectivity index (χ2v) is 12.4. The van der Waals surface area contributed by atoms with Crippen LogP contribution in [-0.2, 0) is 0 Å². The molecule has 10 aromatic rings. The maximum atomic E-state index is 6.37. The van der Waals surface area contributed by atoms with Crippen LogP contribution in [0.5, 0.6) is 0 Å². The van der Waals surface area contributed by atoms with Gasteiger partial charge in [0.05, 0.1) is 0 Å². The molecule has 0 fully saturated rings. The highest BCUT2D eigenvalue weighted by Gasteiger charge is 2.18. The van der Waals surface area contributed by atoms with Crippen molar-refractivity contribution in [3.05, 3.63) is 170 Å². The standard InChI is InChI=1S/C46H28O/c1-3-13-34-29(10-1)12-9-19-35(34)31-20-22-32(23-21-31)44-37-15-5-7-17-39(37)45(40-18-8-6-16-38(40)44)33-25-26-42-41(28-33)46-36-14-4-2-11-30(36)24-27-43(46)47-42/h1-28H. The van der Waals surface area contributed by atoms with Crippen molar-refractivity contribution in [3.8, 4) is 33.4 Å². The van der Waals surface area contributed by atoms with Crippen molar-refractivity contribution < 1.29 is 4.42 Å². The zero-order chi connectivity index (χ0) is 30.9. The molecule has 0 bridgehead atoms. The molecule has 1 heterocycles. The van der Waals surface area contributed by atoms with Crippen LogP contribution in [0.2, 0.25) is 0 Å². The Morgan fingerprint density at radius 2 is 0.787 bits per heavy atom. The maximum absolute atomic E-state index is 6.37. The highest BCUT2D eigenvalue weighted by atomic mass is 16.3. The minimum atomic E-state index is 0.914. The first-order chi connectivity index (χ1) is 23.3. The SMILES string of the molecule is c1ccc2c(-c3ccc(-c4c5ccccc5c(-c5ccc6oc7ccc8ccccc8c7c6c5)c5ccccc45)cc3)cccc2c1. The predicted molar refractivity (Wildman–Crippen MR) is 200 cm³/mol. The van der Waals surface area contributed by atoms with Gasteiger partial charge in [-0.15, -0.1) is 0 Å². The van der Waals surface area contributed by atoms with E-state index in [2.05, 4.69) is 170 Å². The lowest BCUT2D eigenvalue weighted by Gasteiger charge is -2.18. The fraction of sp³-hybridized carbons (Fsp3) is 0. The molecule has 0 aliphatic heterocycles. The van der Waals surface area contributed by atoms with E-state index in [1.165, 1.54) is 81.9 Å². The zero-order valence-corrected chi connectivity index (χ0v) is 25.6. The second-order valence-electron chi connectivity index (χ2n) is 12.4. The Hall–Kier alpha value is -6.18. The fourth-order valence-corrected chi connectivity index (χ4v) is 7.75. The Bertz CT molecular complexity index is 2770. The Kier molecular flexibility index (Phi) is 5.64. The molecular formula is C46H28O. The summed E-state index contributed by atoms with van der Waals surface area (Å²) in [5, 5.41) is 12.3. The van der Waals surface area contributed by atoms with Crippen molar-refractivity contribution in [2.75, 3.05) is 0 Å². The van der Waals surface area contributed by atoms with Crippen molar-refractivity contribution in [3.63, 3.8) is 0 Å². The molecule has 1 aromatic heterocycles. The summed E-state index contributed by atoms with van der Waals surface area (Å²) in [5.74, 6) is 0. The molecule has 0 amide bonds. The van der Waals surface area contributed by atoms with E-state index in [9.17, 15) is 0 Å². The Balaban J connectivity index is 1.20. The van der Waals surface area contributed by atoms with Crippen LogP contribution in [0.4, 0.5) is 0 Å². The molecule has 0 saturated carbocycles. The van der Waals surface area contributed by atoms with E-state index >= 15 is 0 Å². The number of benzene rings is 9. The zero-order valence-electron chi connectivity index (χ0n) is 25.6. The van der Waals surface area contributed by atoms with Crippen LogP contribution in [0.3, 0.4) is 0 Å². The van der Waals surface area contributed by atoms with Crippen molar-refractivity contribution in [2.24, 2.45) is 0 Å². The summed E-state index contributed by atoms with van der Waals surface area (Å²) in [4.78, 5) is 0. The molecule has 1 heteroatoms. The highest BCUT2D eigenvalue weighted by Crippen LogP contribution is 2.45. The van der Waals surface area contributed by atoms with Gasteiger partial charge in [-0.05, 0) is 94.7 Å². The minimum Gasteiger partial charge on any atom is -0.456 e. The Morgan fingerprint density at radius 1 is 0.298 bits per heavy atom. The van der Waals surface area contributed by atoms with Crippen molar-refractivity contribution in [2.45, 2.75) is 0 Å². The molecule has 9 aromatic carbocycles. The van der Waals surface area contributed by atoms with Gasteiger partial charge in [-0.3, -0.25) is 0 Å². The van der Waals surface area contributed by atoms with Gasteiger partial charge in [0.1, 0.15) is 11.2 Å². The van der Waals surface area contributed by atoms with Crippen LogP contribution in [0.1, 0.15) is 0 Å². The third-order valence-corrected chi connectivity index (χ3v) is 9.85. The Morgan fingerprint density at radius 3 is 1.47 bits per heavy atom. The van der Waals surface area contributed by atoms with Crippen molar-refractivity contribution >= 4 is 65.0 Å². The van der Waals surface area contributed by atoms with Crippen LogP contribution < -0.4 is 0 Å². The second kappa shape index (κ2) is 10.2. The first-order valence-corrected chi connectivity index (χ1v) is 16.2. The molecule has 0 N–H and O–H groups in total. The largest absolute Gasteiger partial charge is 0.456 e. The third-order valence-electron chi connectivity index (χ3n) is 9.85. The number of hydrogen-bond donors (Lipinski definition) is 0. The molecule has 0 aliphatic rings. The van der Waals surface area contributed by atoms with Gasteiger partial charge in [-0.1, -0.05) is 152 Å². The van der Waals surface area contributed by atoms with Gasteiger partial charge in [0.2, 0.25) is 0 Å². The van der Waals surface area contributed by atoms with Crippen LogP contribution in [-0.4, -0.2) is 0 Å². The maximum Gasteiger partial charge on any atom is 0.136 e. The summed E-state index contributed by atoms with van der Waals surface area (Å²) in [6.45, 7) is 0. The predicted octanol–water partition coefficient (Wildman–Crippen LogP) is 13.2. The van der Waals surface area contributed by atoms with Crippen molar-refractivity contribution in [1.82, 2.24) is 0 Å². The molecule has 10 rings (SSSR count). The van der Waals surface area contributed by atoms with E-state index in [4.69, 9.17) is 4.42 Å². The van der Waals surface area contributed by atoms with E-state index in [1.54, 1.807) is 0 Å². The first-order valence-electron chi connectivity index (χ1n) is 16.2. The van der Waals surface area contributed by atoms with E-state index in [0.717, 1.165) is 16.6 Å². The normalized spacial score (nSPS) is 11.8. The van der Waals surface area contributed by atoms with E-state index in [1.807, 2.05) is 0 Å². The molecule has 0 spiro atoms. The molecule has 47 heavy (non-hydrogen) atoms. The lowest BCUT2D eigenvalue weighted by molar-refractivity contribution is 0.669. The van der Waals surface area contributed by atoms with Gasteiger partial charge < -0.3 is 4.42 Å². The van der Waals surface area contributed by atoms with E-state index < -0.39 is 0 Å². The van der Waals surface area contributed by atoms with Crippen molar-refractivity contribution in [1.29, 1.82) is 0 Å². The smallest absolute Gasteiger partial charge is 0.136 e. The fourth-order valence-electron chi connectivity index (χ4n) is 7.75. The number of fused-ring (bicyclic) bond motifs is 8. The summed E-state index contributed by atoms with van der Waals surface area (Å²) in [5.41, 5.74) is 9.26. The van der Waals surface area contributed by atoms with Crippen LogP contribution >= 0.6 is 0 Å². The molecule has 0 aliphatic carbocycles. The molecule has 0 unspecified atom stereocenters. The average Bonchev–Trinajstić information content (AvgIpc) is 3.52. The number of hydrogen-bond acceptors (Lipinski definition) is 1. The Labute approximate surface area is 271 Å². The third kappa shape index (κ3) is 3.97. The topological polar surface area (TPSA) is 13.1 Å². The van der Waals surface area contributed by atoms with Gasteiger partial charge in [0, 0.05) is 10.8 Å². The van der Waals surface area contributed by atoms with E-state index in [0.29, 0.717) is 0 Å². The molecule has 0 radical (unpaired) electrons. The van der Waals surface area contributed by atoms with Gasteiger partial charge in [-0.25, -0.2) is 0 Å². The quantitative estimate of drug-likeness (QED) is 0.185. The van der Waals surface area contributed by atoms with E-state index in [-0.39, 0.29) is 0 Å².